The summed E-state index contributed by atoms with van der Waals surface area (Å²) in [4.78, 5) is 30.1. The summed E-state index contributed by atoms with van der Waals surface area (Å²) in [6.07, 6.45) is 13.1. The van der Waals surface area contributed by atoms with Crippen LogP contribution in [0.4, 0.5) is 5.82 Å². The van der Waals surface area contributed by atoms with Crippen LogP contribution in [-0.4, -0.2) is 78.4 Å². The van der Waals surface area contributed by atoms with Crippen molar-refractivity contribution in [1.29, 1.82) is 5.41 Å². The van der Waals surface area contributed by atoms with Crippen molar-refractivity contribution in [2.45, 2.75) is 68.0 Å². The molecule has 13 heteroatoms. The predicted octanol–water partition coefficient (Wildman–Crippen LogP) is 2.21. The molecule has 6 N–H and O–H groups in total. The molecule has 5 rings (SSSR count). The summed E-state index contributed by atoms with van der Waals surface area (Å²) in [6, 6.07) is 1.26. The number of nitrogen functional groups attached to an aromatic ring is 1. The Balaban J connectivity index is 0.000000426. The second kappa shape index (κ2) is 11.1. The van der Waals surface area contributed by atoms with Crippen LogP contribution in [0.25, 0.3) is 16.8 Å². The summed E-state index contributed by atoms with van der Waals surface area (Å²) in [6.45, 7) is 3.34. The lowest BCUT2D eigenvalue weighted by molar-refractivity contribution is -0.102. The topological polar surface area (TPSA) is 185 Å². The van der Waals surface area contributed by atoms with Gasteiger partial charge < -0.3 is 21.5 Å². The van der Waals surface area contributed by atoms with Gasteiger partial charge in [0.25, 0.3) is 0 Å². The van der Waals surface area contributed by atoms with E-state index in [0.717, 1.165) is 40.2 Å². The Kier molecular flexibility index (Phi) is 8.09. The molecule has 0 radical (unpaired) electrons. The summed E-state index contributed by atoms with van der Waals surface area (Å²) < 4.78 is 1.72. The van der Waals surface area contributed by atoms with Crippen LogP contribution < -0.4 is 11.5 Å². The Hall–Kier alpha value is -3.42. The van der Waals surface area contributed by atoms with Crippen molar-refractivity contribution in [2.24, 2.45) is 10.7 Å². The number of hydrogen-bond donors (Lipinski definition) is 4. The number of aldehydes is 1. The molecule has 2 aliphatic rings. The first kappa shape index (κ1) is 27.6. The maximum Gasteiger partial charge on any atom is 0.184 e. The van der Waals surface area contributed by atoms with E-state index in [-0.39, 0.29) is 5.84 Å². The molecule has 0 aliphatic carbocycles. The van der Waals surface area contributed by atoms with Crippen LogP contribution in [0, 0.1) is 5.41 Å². The van der Waals surface area contributed by atoms with Crippen LogP contribution in [0.5, 0.6) is 0 Å². The van der Waals surface area contributed by atoms with Crippen molar-refractivity contribution in [3.8, 4) is 11.1 Å². The number of carbonyl (C=O) groups is 1. The number of anilines is 1. The monoisotopic (exact) mass is 538 g/mol. The summed E-state index contributed by atoms with van der Waals surface area (Å²) in [5, 5.41) is 20.9. The zero-order chi connectivity index (χ0) is 27.6. The number of amidine groups is 1. The molecule has 12 nitrogen and oxygen atoms in total. The van der Waals surface area contributed by atoms with Gasteiger partial charge in [0.05, 0.1) is 16.8 Å². The zero-order valence-electron chi connectivity index (χ0n) is 22.0. The molecule has 0 aromatic carbocycles. The first-order valence-electron chi connectivity index (χ1n) is 12.3. The molecule has 2 unspecified atom stereocenters. The normalized spacial score (nSPS) is 21.7. The third-order valence-electron chi connectivity index (χ3n) is 7.20. The van der Waals surface area contributed by atoms with E-state index in [1.54, 1.807) is 48.7 Å². The fourth-order valence-corrected chi connectivity index (χ4v) is 5.95. The van der Waals surface area contributed by atoms with Crippen LogP contribution in [0.1, 0.15) is 57.0 Å². The Bertz CT molecular complexity index is 1330. The average molecular weight is 539 g/mol. The number of hydrogen-bond acceptors (Lipinski definition) is 10. The van der Waals surface area contributed by atoms with Gasteiger partial charge >= 0.3 is 0 Å². The zero-order valence-corrected chi connectivity index (χ0v) is 22.8. The predicted molar refractivity (Wildman–Crippen MR) is 148 cm³/mol. The number of carbonyl (C=O) groups excluding carboxylic acids is 1. The van der Waals surface area contributed by atoms with Crippen LogP contribution in [0.2, 0.25) is 0 Å². The number of nitrogens with zero attached hydrogens (tertiary/aromatic N) is 7. The van der Waals surface area contributed by atoms with E-state index in [0.29, 0.717) is 42.3 Å². The van der Waals surface area contributed by atoms with E-state index in [1.165, 1.54) is 12.8 Å². The molecule has 3 aromatic rings. The van der Waals surface area contributed by atoms with Gasteiger partial charge in [-0.05, 0) is 52.8 Å². The highest BCUT2D eigenvalue weighted by Crippen LogP contribution is 2.45. The molecular formula is C25H34N10O2S. The van der Waals surface area contributed by atoms with E-state index < -0.39 is 5.60 Å². The molecule has 2 fully saturated rings. The lowest BCUT2D eigenvalue weighted by Crippen LogP contribution is -2.39. The van der Waals surface area contributed by atoms with E-state index >= 15 is 0 Å². The average Bonchev–Trinajstić information content (AvgIpc) is 3.39. The molecule has 0 spiro atoms. The van der Waals surface area contributed by atoms with Crippen molar-refractivity contribution < 1.29 is 9.90 Å². The highest BCUT2D eigenvalue weighted by molar-refractivity contribution is 7.98. The molecular weight excluding hydrogens is 504 g/mol. The highest BCUT2D eigenvalue weighted by Gasteiger charge is 2.40. The van der Waals surface area contributed by atoms with Crippen molar-refractivity contribution in [2.75, 3.05) is 19.0 Å². The molecule has 2 saturated heterocycles. The van der Waals surface area contributed by atoms with E-state index in [4.69, 9.17) is 21.9 Å². The first-order chi connectivity index (χ1) is 18.1. The van der Waals surface area contributed by atoms with Gasteiger partial charge in [-0.2, -0.15) is 9.61 Å². The maximum absolute atomic E-state index is 10.1. The number of thioether (sulfide) groups is 1. The molecule has 0 saturated carbocycles. The second-order valence-corrected chi connectivity index (χ2v) is 10.9. The van der Waals surface area contributed by atoms with E-state index in [9.17, 15) is 9.90 Å². The number of nitrogens with one attached hydrogen (secondary N) is 1. The van der Waals surface area contributed by atoms with Crippen molar-refractivity contribution in [1.82, 2.24) is 29.5 Å². The Morgan fingerprint density at radius 1 is 1.24 bits per heavy atom. The summed E-state index contributed by atoms with van der Waals surface area (Å²) in [5.74, 6) is 1.25. The van der Waals surface area contributed by atoms with Crippen LogP contribution in [0.3, 0.4) is 0 Å². The number of aliphatic imine (C=N–C) groups is 1. The molecule has 2 aliphatic heterocycles. The minimum Gasteiger partial charge on any atom is -0.383 e. The Morgan fingerprint density at radius 2 is 1.87 bits per heavy atom. The van der Waals surface area contributed by atoms with Gasteiger partial charge in [0.2, 0.25) is 0 Å². The first-order valence-corrected chi connectivity index (χ1v) is 13.6. The van der Waals surface area contributed by atoms with E-state index in [1.807, 2.05) is 0 Å². The van der Waals surface area contributed by atoms with Gasteiger partial charge in [-0.25, -0.2) is 19.9 Å². The smallest absolute Gasteiger partial charge is 0.184 e. The SMILES string of the molecule is CSc1c(C2CC3CCC(C2)N3C)nc2c(-c3cnc(C(C)(C)O)nc3)cnn2c1N.N=CN=C(N)C=O. The standard InChI is InChI=1S/C22H29N7OS.C3H5N3O/c1-22(2,30)21-24-9-13(10-25-21)16-11-26-29-19(23)18(31-4)17(27-20(16)29)12-7-14-5-6-15(8-12)28(14)3;4-2-6-3(5)1-7/h9-12,14-15,30H,5-8,23H2,1-4H3;1-2H,(H3,4,5,6). The molecule has 5 heterocycles. The summed E-state index contributed by atoms with van der Waals surface area (Å²) in [5.41, 5.74) is 13.8. The minimum atomic E-state index is -1.09. The number of aromatic nitrogens is 5. The fraction of sp³-hybridized carbons (Fsp3) is 0.480. The maximum atomic E-state index is 10.1. The number of fused-ring (bicyclic) bond motifs is 3. The number of nitrogens with two attached hydrogens (primary N) is 2. The lowest BCUT2D eigenvalue weighted by Gasteiger charge is -2.36. The third-order valence-corrected chi connectivity index (χ3v) is 8.02. The Morgan fingerprint density at radius 3 is 2.37 bits per heavy atom. The van der Waals surface area contributed by atoms with E-state index in [2.05, 4.69) is 38.3 Å². The number of rotatable bonds is 6. The van der Waals surface area contributed by atoms with Crippen molar-refractivity contribution in [3.63, 3.8) is 0 Å². The number of aliphatic hydroxyl groups is 1. The van der Waals surface area contributed by atoms with Crippen molar-refractivity contribution >= 4 is 41.7 Å². The molecule has 2 bridgehead atoms. The third kappa shape index (κ3) is 5.40. The summed E-state index contributed by atoms with van der Waals surface area (Å²) in [7, 11) is 2.26. The quantitative estimate of drug-likeness (QED) is 0.157. The second-order valence-electron chi connectivity index (χ2n) is 10.1. The Labute approximate surface area is 225 Å². The van der Waals surface area contributed by atoms with Crippen LogP contribution >= 0.6 is 11.8 Å². The van der Waals surface area contributed by atoms with Crippen molar-refractivity contribution in [3.05, 3.63) is 30.1 Å². The highest BCUT2D eigenvalue weighted by atomic mass is 32.2. The molecule has 3 aromatic heterocycles. The van der Waals surface area contributed by atoms with Crippen LogP contribution in [-0.2, 0) is 10.4 Å². The largest absolute Gasteiger partial charge is 0.383 e. The molecule has 202 valence electrons. The van der Waals surface area contributed by atoms with Crippen LogP contribution in [0.15, 0.2) is 28.5 Å². The number of piperidine rings is 1. The molecule has 38 heavy (non-hydrogen) atoms. The van der Waals surface area contributed by atoms with Gasteiger partial charge in [0, 0.05) is 41.5 Å². The van der Waals surface area contributed by atoms with Gasteiger partial charge in [-0.1, -0.05) is 0 Å². The van der Waals surface area contributed by atoms with Gasteiger partial charge in [0.1, 0.15) is 17.8 Å². The summed E-state index contributed by atoms with van der Waals surface area (Å²) >= 11 is 1.65. The molecule has 0 amide bonds. The van der Waals surface area contributed by atoms with Gasteiger partial charge in [-0.3, -0.25) is 10.2 Å². The molecule has 2 atom stereocenters. The van der Waals surface area contributed by atoms with Gasteiger partial charge in [-0.15, -0.1) is 11.8 Å². The van der Waals surface area contributed by atoms with Gasteiger partial charge in [0.15, 0.2) is 23.6 Å². The minimum absolute atomic E-state index is 0.171. The fourth-order valence-electron chi connectivity index (χ4n) is 5.23. The lowest BCUT2D eigenvalue weighted by atomic mass is 9.88.